The Balaban J connectivity index is 1.93. The maximum atomic E-state index is 11.7. The van der Waals surface area contributed by atoms with Gasteiger partial charge in [-0.1, -0.05) is 12.1 Å². The van der Waals surface area contributed by atoms with Crippen molar-refractivity contribution >= 4 is 38.2 Å². The number of thiophene rings is 1. The van der Waals surface area contributed by atoms with Crippen LogP contribution in [0.3, 0.4) is 0 Å². The number of hydrogen-bond donors (Lipinski definition) is 1. The quantitative estimate of drug-likeness (QED) is 0.930. The fourth-order valence-corrected chi connectivity index (χ4v) is 2.51. The summed E-state index contributed by atoms with van der Waals surface area (Å²) in [4.78, 5) is 11.7. The van der Waals surface area contributed by atoms with Crippen molar-refractivity contribution in [1.29, 1.82) is 5.26 Å². The van der Waals surface area contributed by atoms with Crippen molar-refractivity contribution in [2.45, 2.75) is 0 Å². The number of rotatable bonds is 4. The van der Waals surface area contributed by atoms with Gasteiger partial charge in [-0.25, -0.2) is 0 Å². The van der Waals surface area contributed by atoms with Gasteiger partial charge in [0.25, 0.3) is 5.91 Å². The monoisotopic (exact) mass is 336 g/mol. The van der Waals surface area contributed by atoms with Crippen LogP contribution >= 0.6 is 27.3 Å². The largest absolute Gasteiger partial charge is 0.483 e. The third-order valence-electron chi connectivity index (χ3n) is 2.23. The van der Waals surface area contributed by atoms with Crippen molar-refractivity contribution in [3.05, 3.63) is 45.7 Å². The van der Waals surface area contributed by atoms with Crippen LogP contribution in [0.2, 0.25) is 0 Å². The summed E-state index contributed by atoms with van der Waals surface area (Å²) in [7, 11) is 0. The summed E-state index contributed by atoms with van der Waals surface area (Å²) in [5, 5.41) is 13.8. The van der Waals surface area contributed by atoms with Crippen LogP contribution in [0.25, 0.3) is 0 Å². The average Bonchev–Trinajstić information content (AvgIpc) is 2.85. The van der Waals surface area contributed by atoms with Gasteiger partial charge in [-0.05, 0) is 39.5 Å². The number of amides is 1. The number of nitrogens with zero attached hydrogens (tertiary/aromatic N) is 1. The molecule has 0 bridgehead atoms. The molecule has 0 aliphatic carbocycles. The molecule has 1 amide bonds. The summed E-state index contributed by atoms with van der Waals surface area (Å²) in [6, 6.07) is 11.0. The van der Waals surface area contributed by atoms with E-state index in [0.29, 0.717) is 16.3 Å². The lowest BCUT2D eigenvalue weighted by molar-refractivity contribution is -0.118. The lowest BCUT2D eigenvalue weighted by Crippen LogP contribution is -2.20. The zero-order chi connectivity index (χ0) is 13.7. The molecule has 6 heteroatoms. The molecule has 0 aliphatic rings. The SMILES string of the molecule is N#Cc1ccsc1NC(=O)COc1ccccc1Br. The number of benzene rings is 1. The first-order valence-corrected chi connectivity index (χ1v) is 7.02. The molecule has 0 unspecified atom stereocenters. The number of nitrogens with one attached hydrogen (secondary N) is 1. The summed E-state index contributed by atoms with van der Waals surface area (Å²) >= 11 is 4.64. The number of carbonyl (C=O) groups excluding carboxylic acids is 1. The van der Waals surface area contributed by atoms with Gasteiger partial charge in [-0.3, -0.25) is 4.79 Å². The molecule has 1 N–H and O–H groups in total. The molecule has 0 fully saturated rings. The van der Waals surface area contributed by atoms with E-state index in [1.54, 1.807) is 17.5 Å². The summed E-state index contributed by atoms with van der Waals surface area (Å²) in [6.07, 6.45) is 0. The van der Waals surface area contributed by atoms with E-state index in [1.807, 2.05) is 24.3 Å². The Morgan fingerprint density at radius 2 is 2.21 bits per heavy atom. The van der Waals surface area contributed by atoms with E-state index in [0.717, 1.165) is 4.47 Å². The van der Waals surface area contributed by atoms with Crippen LogP contribution in [0.1, 0.15) is 5.56 Å². The lowest BCUT2D eigenvalue weighted by atomic mass is 10.3. The predicted octanol–water partition coefficient (Wildman–Crippen LogP) is 3.40. The van der Waals surface area contributed by atoms with Gasteiger partial charge in [0.15, 0.2) is 6.61 Å². The van der Waals surface area contributed by atoms with E-state index in [-0.39, 0.29) is 12.5 Å². The highest BCUT2D eigenvalue weighted by molar-refractivity contribution is 9.10. The molecule has 0 aliphatic heterocycles. The van der Waals surface area contributed by atoms with Crippen LogP contribution in [-0.2, 0) is 4.79 Å². The standard InChI is InChI=1S/C13H9BrN2O2S/c14-10-3-1-2-4-11(10)18-8-12(17)16-13-9(7-15)5-6-19-13/h1-6H,8H2,(H,16,17). The maximum absolute atomic E-state index is 11.7. The van der Waals surface area contributed by atoms with Crippen molar-refractivity contribution < 1.29 is 9.53 Å². The molecule has 4 nitrogen and oxygen atoms in total. The van der Waals surface area contributed by atoms with Gasteiger partial charge in [0, 0.05) is 0 Å². The highest BCUT2D eigenvalue weighted by atomic mass is 79.9. The molecule has 0 atom stereocenters. The average molecular weight is 337 g/mol. The molecule has 0 spiro atoms. The van der Waals surface area contributed by atoms with Crippen LogP contribution in [0.4, 0.5) is 5.00 Å². The Morgan fingerprint density at radius 1 is 1.42 bits per heavy atom. The van der Waals surface area contributed by atoms with Gasteiger partial charge < -0.3 is 10.1 Å². The highest BCUT2D eigenvalue weighted by Crippen LogP contribution is 2.24. The second kappa shape index (κ2) is 6.36. The predicted molar refractivity (Wildman–Crippen MR) is 77.3 cm³/mol. The molecule has 1 aromatic heterocycles. The topological polar surface area (TPSA) is 62.1 Å². The van der Waals surface area contributed by atoms with E-state index >= 15 is 0 Å². The number of carbonyl (C=O) groups is 1. The van der Waals surface area contributed by atoms with Gasteiger partial charge in [-0.2, -0.15) is 5.26 Å². The van der Waals surface area contributed by atoms with E-state index in [2.05, 4.69) is 21.2 Å². The minimum atomic E-state index is -0.297. The van der Waals surface area contributed by atoms with E-state index < -0.39 is 0 Å². The van der Waals surface area contributed by atoms with Crippen molar-refractivity contribution in [2.24, 2.45) is 0 Å². The number of anilines is 1. The van der Waals surface area contributed by atoms with Gasteiger partial charge in [-0.15, -0.1) is 11.3 Å². The number of nitriles is 1. The molecule has 2 aromatic rings. The Hall–Kier alpha value is -1.84. The third kappa shape index (κ3) is 3.56. The van der Waals surface area contributed by atoms with Crippen molar-refractivity contribution in [3.8, 4) is 11.8 Å². The van der Waals surface area contributed by atoms with Crippen LogP contribution in [-0.4, -0.2) is 12.5 Å². The van der Waals surface area contributed by atoms with Gasteiger partial charge in [0.05, 0.1) is 10.0 Å². The van der Waals surface area contributed by atoms with E-state index in [1.165, 1.54) is 11.3 Å². The fraction of sp³-hybridized carbons (Fsp3) is 0.0769. The van der Waals surface area contributed by atoms with Gasteiger partial charge >= 0.3 is 0 Å². The molecule has 96 valence electrons. The first-order valence-electron chi connectivity index (χ1n) is 5.35. The second-order valence-corrected chi connectivity index (χ2v) is 5.31. The van der Waals surface area contributed by atoms with Crippen molar-refractivity contribution in [1.82, 2.24) is 0 Å². The molecule has 1 heterocycles. The van der Waals surface area contributed by atoms with Crippen LogP contribution < -0.4 is 10.1 Å². The summed E-state index contributed by atoms with van der Waals surface area (Å²) < 4.78 is 6.17. The molecule has 0 saturated heterocycles. The number of hydrogen-bond acceptors (Lipinski definition) is 4. The first-order chi connectivity index (χ1) is 9.20. The minimum absolute atomic E-state index is 0.106. The summed E-state index contributed by atoms with van der Waals surface area (Å²) in [5.74, 6) is 0.305. The molecular weight excluding hydrogens is 328 g/mol. The second-order valence-electron chi connectivity index (χ2n) is 3.54. The Labute approximate surface area is 122 Å². The summed E-state index contributed by atoms with van der Waals surface area (Å²) in [6.45, 7) is -0.106. The van der Waals surface area contributed by atoms with Crippen LogP contribution in [0, 0.1) is 11.3 Å². The lowest BCUT2D eigenvalue weighted by Gasteiger charge is -2.07. The number of para-hydroxylation sites is 1. The zero-order valence-electron chi connectivity index (χ0n) is 9.72. The molecular formula is C13H9BrN2O2S. The van der Waals surface area contributed by atoms with E-state index in [4.69, 9.17) is 10.00 Å². The highest BCUT2D eigenvalue weighted by Gasteiger charge is 2.09. The fourth-order valence-electron chi connectivity index (χ4n) is 1.36. The Morgan fingerprint density at radius 3 is 2.95 bits per heavy atom. The maximum Gasteiger partial charge on any atom is 0.262 e. The zero-order valence-corrected chi connectivity index (χ0v) is 12.1. The Kier molecular flexibility index (Phi) is 4.55. The van der Waals surface area contributed by atoms with Crippen molar-refractivity contribution in [2.75, 3.05) is 11.9 Å². The molecule has 0 saturated carbocycles. The van der Waals surface area contributed by atoms with Crippen LogP contribution in [0.5, 0.6) is 5.75 Å². The smallest absolute Gasteiger partial charge is 0.262 e. The number of halogens is 1. The normalized spacial score (nSPS) is 9.68. The third-order valence-corrected chi connectivity index (χ3v) is 3.72. The first kappa shape index (κ1) is 13.6. The molecule has 0 radical (unpaired) electrons. The van der Waals surface area contributed by atoms with E-state index in [9.17, 15) is 4.79 Å². The molecule has 2 rings (SSSR count). The molecule has 19 heavy (non-hydrogen) atoms. The Bertz CT molecular complexity index is 634. The van der Waals surface area contributed by atoms with Crippen LogP contribution in [0.15, 0.2) is 40.2 Å². The number of ether oxygens (including phenoxy) is 1. The van der Waals surface area contributed by atoms with Gasteiger partial charge in [0.2, 0.25) is 0 Å². The van der Waals surface area contributed by atoms with Crippen molar-refractivity contribution in [3.63, 3.8) is 0 Å². The van der Waals surface area contributed by atoms with Gasteiger partial charge in [0.1, 0.15) is 16.8 Å². The molecule has 1 aromatic carbocycles. The minimum Gasteiger partial charge on any atom is -0.483 e. The summed E-state index contributed by atoms with van der Waals surface area (Å²) in [5.41, 5.74) is 0.458.